The quantitative estimate of drug-likeness (QED) is 0.845. The van der Waals surface area contributed by atoms with Gasteiger partial charge in [0.2, 0.25) is 0 Å². The Kier molecular flexibility index (Phi) is 3.77. The molecule has 0 aliphatic rings. The first-order chi connectivity index (χ1) is 6.85. The lowest BCUT2D eigenvalue weighted by molar-refractivity contribution is -0.275. The zero-order valence-corrected chi connectivity index (χ0v) is 9.76. The van der Waals surface area contributed by atoms with Gasteiger partial charge in [0, 0.05) is 11.8 Å². The van der Waals surface area contributed by atoms with Gasteiger partial charge in [0.15, 0.2) is 5.75 Å². The smallest absolute Gasteiger partial charge is 0.404 e. The minimum Gasteiger partial charge on any atom is -0.404 e. The minimum absolute atomic E-state index is 0.0160. The van der Waals surface area contributed by atoms with Crippen LogP contribution in [0.5, 0.6) is 5.75 Å². The van der Waals surface area contributed by atoms with E-state index in [0.717, 1.165) is 0 Å². The van der Waals surface area contributed by atoms with Crippen molar-refractivity contribution in [1.82, 2.24) is 4.98 Å². The number of halogens is 4. The lowest BCUT2D eigenvalue weighted by Gasteiger charge is -2.14. The summed E-state index contributed by atoms with van der Waals surface area (Å²) in [6, 6.07) is 0. The lowest BCUT2D eigenvalue weighted by Crippen LogP contribution is -2.19. The number of nitrogens with zero attached hydrogens (tertiary/aromatic N) is 1. The SMILES string of the molecule is Cc1ncc(CO)c(OC(F)(F)F)c1I. The van der Waals surface area contributed by atoms with Crippen molar-refractivity contribution in [3.63, 3.8) is 0 Å². The van der Waals surface area contributed by atoms with E-state index in [0.29, 0.717) is 5.69 Å². The summed E-state index contributed by atoms with van der Waals surface area (Å²) in [6.45, 7) is 1.01. The molecule has 0 saturated heterocycles. The van der Waals surface area contributed by atoms with E-state index in [1.807, 2.05) is 0 Å². The van der Waals surface area contributed by atoms with Crippen LogP contribution >= 0.6 is 22.6 Å². The Morgan fingerprint density at radius 1 is 1.53 bits per heavy atom. The van der Waals surface area contributed by atoms with Crippen molar-refractivity contribution >= 4 is 22.6 Å². The van der Waals surface area contributed by atoms with Crippen LogP contribution < -0.4 is 4.74 Å². The maximum Gasteiger partial charge on any atom is 0.573 e. The number of aliphatic hydroxyl groups excluding tert-OH is 1. The Bertz CT molecular complexity index is 368. The van der Waals surface area contributed by atoms with Gasteiger partial charge >= 0.3 is 6.36 Å². The van der Waals surface area contributed by atoms with Crippen molar-refractivity contribution in [2.45, 2.75) is 19.9 Å². The summed E-state index contributed by atoms with van der Waals surface area (Å²) in [6.07, 6.45) is -3.60. The zero-order valence-electron chi connectivity index (χ0n) is 7.60. The van der Waals surface area contributed by atoms with Crippen LogP contribution in [0.25, 0.3) is 0 Å². The van der Waals surface area contributed by atoms with Crippen molar-refractivity contribution in [2.24, 2.45) is 0 Å². The Hall–Kier alpha value is -0.570. The van der Waals surface area contributed by atoms with E-state index in [-0.39, 0.29) is 14.9 Å². The Balaban J connectivity index is 3.18. The number of aryl methyl sites for hydroxylation is 1. The van der Waals surface area contributed by atoms with E-state index in [1.165, 1.54) is 6.20 Å². The van der Waals surface area contributed by atoms with Crippen molar-refractivity contribution in [1.29, 1.82) is 0 Å². The highest BCUT2D eigenvalue weighted by atomic mass is 127. The number of alkyl halides is 3. The number of aliphatic hydroxyl groups is 1. The van der Waals surface area contributed by atoms with Gasteiger partial charge in [0.05, 0.1) is 15.9 Å². The highest BCUT2D eigenvalue weighted by Crippen LogP contribution is 2.32. The molecule has 0 radical (unpaired) electrons. The fraction of sp³-hybridized carbons (Fsp3) is 0.375. The second-order valence-electron chi connectivity index (χ2n) is 2.72. The van der Waals surface area contributed by atoms with Crippen molar-refractivity contribution < 1.29 is 23.0 Å². The zero-order chi connectivity index (χ0) is 11.6. The van der Waals surface area contributed by atoms with Gasteiger partial charge in [0.25, 0.3) is 0 Å². The van der Waals surface area contributed by atoms with Gasteiger partial charge in [-0.3, -0.25) is 4.98 Å². The van der Waals surface area contributed by atoms with Crippen LogP contribution in [0.4, 0.5) is 13.2 Å². The summed E-state index contributed by atoms with van der Waals surface area (Å²) in [5.41, 5.74) is 0.439. The Morgan fingerprint density at radius 3 is 2.60 bits per heavy atom. The first-order valence-electron chi connectivity index (χ1n) is 3.85. The second kappa shape index (κ2) is 4.52. The summed E-state index contributed by atoms with van der Waals surface area (Å²) >= 11 is 1.70. The van der Waals surface area contributed by atoms with Crippen molar-refractivity contribution in [3.8, 4) is 5.75 Å². The molecule has 1 aromatic rings. The number of hydrogen-bond acceptors (Lipinski definition) is 3. The molecule has 1 rings (SSSR count). The standard InChI is InChI=1S/C8H7F3INO2/c1-4-6(12)7(15-8(9,10)11)5(3-14)2-13-4/h2,14H,3H2,1H3. The molecule has 0 unspecified atom stereocenters. The van der Waals surface area contributed by atoms with Crippen LogP contribution in [0, 0.1) is 10.5 Å². The predicted octanol–water partition coefficient (Wildman–Crippen LogP) is 2.39. The number of hydrogen-bond donors (Lipinski definition) is 1. The van der Waals surface area contributed by atoms with Crippen molar-refractivity contribution in [3.05, 3.63) is 21.0 Å². The van der Waals surface area contributed by atoms with Gasteiger partial charge in [-0.15, -0.1) is 13.2 Å². The number of rotatable bonds is 2. The highest BCUT2D eigenvalue weighted by molar-refractivity contribution is 14.1. The van der Waals surface area contributed by atoms with Gasteiger partial charge in [-0.2, -0.15) is 0 Å². The average Bonchev–Trinajstić information content (AvgIpc) is 2.11. The minimum atomic E-state index is -4.77. The molecule has 84 valence electrons. The molecule has 0 bridgehead atoms. The molecule has 0 aliphatic heterocycles. The molecule has 3 nitrogen and oxygen atoms in total. The molecule has 0 amide bonds. The average molecular weight is 333 g/mol. The summed E-state index contributed by atoms with van der Waals surface area (Å²) in [7, 11) is 0. The molecule has 0 aliphatic carbocycles. The Labute approximate surface area is 97.4 Å². The van der Waals surface area contributed by atoms with Gasteiger partial charge in [0.1, 0.15) is 0 Å². The third-order valence-electron chi connectivity index (χ3n) is 1.61. The number of aromatic nitrogens is 1. The van der Waals surface area contributed by atoms with E-state index >= 15 is 0 Å². The van der Waals surface area contributed by atoms with E-state index in [1.54, 1.807) is 29.5 Å². The number of pyridine rings is 1. The van der Waals surface area contributed by atoms with Crippen LogP contribution in [0.15, 0.2) is 6.20 Å². The molecule has 0 saturated carbocycles. The van der Waals surface area contributed by atoms with Crippen LogP contribution in [-0.2, 0) is 6.61 Å². The van der Waals surface area contributed by atoms with Gasteiger partial charge in [-0.1, -0.05) is 0 Å². The van der Waals surface area contributed by atoms with Gasteiger partial charge < -0.3 is 9.84 Å². The monoisotopic (exact) mass is 333 g/mol. The maximum absolute atomic E-state index is 12.0. The van der Waals surface area contributed by atoms with E-state index in [2.05, 4.69) is 9.72 Å². The molecular formula is C8H7F3INO2. The normalized spacial score (nSPS) is 11.6. The summed E-state index contributed by atoms with van der Waals surface area (Å²) in [5.74, 6) is -0.377. The van der Waals surface area contributed by atoms with Crippen LogP contribution in [0.2, 0.25) is 0 Å². The van der Waals surface area contributed by atoms with E-state index in [4.69, 9.17) is 5.11 Å². The summed E-state index contributed by atoms with van der Waals surface area (Å²) < 4.78 is 40.2. The van der Waals surface area contributed by atoms with Crippen molar-refractivity contribution in [2.75, 3.05) is 0 Å². The largest absolute Gasteiger partial charge is 0.573 e. The highest BCUT2D eigenvalue weighted by Gasteiger charge is 2.33. The fourth-order valence-electron chi connectivity index (χ4n) is 0.934. The van der Waals surface area contributed by atoms with Crippen LogP contribution in [0.1, 0.15) is 11.3 Å². The predicted molar refractivity (Wildman–Crippen MR) is 54.3 cm³/mol. The molecule has 1 N–H and O–H groups in total. The molecule has 1 heterocycles. The molecule has 15 heavy (non-hydrogen) atoms. The summed E-state index contributed by atoms with van der Waals surface area (Å²) in [4.78, 5) is 3.83. The molecule has 0 spiro atoms. The van der Waals surface area contributed by atoms with Gasteiger partial charge in [-0.25, -0.2) is 0 Å². The molecular weight excluding hydrogens is 326 g/mol. The first kappa shape index (κ1) is 12.5. The van der Waals surface area contributed by atoms with E-state index < -0.39 is 13.0 Å². The van der Waals surface area contributed by atoms with Crippen LogP contribution in [0.3, 0.4) is 0 Å². The molecule has 0 fully saturated rings. The topological polar surface area (TPSA) is 42.4 Å². The third-order valence-corrected chi connectivity index (χ3v) is 2.88. The second-order valence-corrected chi connectivity index (χ2v) is 3.80. The molecule has 1 aromatic heterocycles. The molecule has 0 aromatic carbocycles. The molecule has 7 heteroatoms. The number of ether oxygens (including phenoxy) is 1. The first-order valence-corrected chi connectivity index (χ1v) is 4.93. The third kappa shape index (κ3) is 3.20. The fourth-order valence-corrected chi connectivity index (χ4v) is 1.53. The Morgan fingerprint density at radius 2 is 2.13 bits per heavy atom. The van der Waals surface area contributed by atoms with Crippen LogP contribution in [-0.4, -0.2) is 16.5 Å². The lowest BCUT2D eigenvalue weighted by atomic mass is 10.2. The maximum atomic E-state index is 12.0. The summed E-state index contributed by atoms with van der Waals surface area (Å²) in [5, 5.41) is 8.84. The van der Waals surface area contributed by atoms with E-state index in [9.17, 15) is 13.2 Å². The van der Waals surface area contributed by atoms with Gasteiger partial charge in [-0.05, 0) is 29.5 Å². The molecule has 0 atom stereocenters.